The summed E-state index contributed by atoms with van der Waals surface area (Å²) in [6, 6.07) is 16.5. The van der Waals surface area contributed by atoms with E-state index in [2.05, 4.69) is 53.8 Å². The Kier molecular flexibility index (Phi) is 13.7. The van der Waals surface area contributed by atoms with Gasteiger partial charge in [0.1, 0.15) is 11.4 Å². The zero-order chi connectivity index (χ0) is 44.2. The Morgan fingerprint density at radius 3 is 1.12 bits per heavy atom. The predicted molar refractivity (Wildman–Crippen MR) is 254 cm³/mol. The highest BCUT2D eigenvalue weighted by atomic mass is 16.2. The largest absolute Gasteiger partial charge is 0.364 e. The van der Waals surface area contributed by atoms with Gasteiger partial charge in [0.15, 0.2) is 0 Å². The molecule has 2 N–H and O–H groups in total. The summed E-state index contributed by atoms with van der Waals surface area (Å²) in [5, 5.41) is 2.04. The second kappa shape index (κ2) is 19.9. The first kappa shape index (κ1) is 44.0. The maximum Gasteiger partial charge on any atom is 0.277 e. The molecule has 0 spiro atoms. The third-order valence-electron chi connectivity index (χ3n) is 14.8. The third-order valence-corrected chi connectivity index (χ3v) is 14.8. The number of aromatic nitrogens is 2. The number of likely N-dealkylation sites (N-methyl/N-ethyl adjacent to an activating group) is 2. The third kappa shape index (κ3) is 8.92. The van der Waals surface area contributed by atoms with Crippen molar-refractivity contribution in [1.29, 1.82) is 0 Å². The van der Waals surface area contributed by atoms with Crippen LogP contribution in [0.25, 0.3) is 33.0 Å². The van der Waals surface area contributed by atoms with Crippen LogP contribution in [-0.2, 0) is 32.0 Å². The van der Waals surface area contributed by atoms with Gasteiger partial charge < -0.3 is 19.8 Å². The lowest BCUT2D eigenvalue weighted by Crippen LogP contribution is -2.47. The molecule has 0 unspecified atom stereocenters. The predicted octanol–water partition coefficient (Wildman–Crippen LogP) is 7.56. The minimum atomic E-state index is -0.194. The number of para-hydroxylation sites is 2. The Labute approximate surface area is 378 Å². The van der Waals surface area contributed by atoms with Crippen LogP contribution >= 0.6 is 0 Å². The second-order valence-corrected chi connectivity index (χ2v) is 18.9. The molecule has 4 bridgehead atoms. The van der Waals surface area contributed by atoms with Gasteiger partial charge in [0, 0.05) is 111 Å². The molecule has 4 amide bonds. The highest BCUT2D eigenvalue weighted by Gasteiger charge is 2.43. The first-order valence-corrected chi connectivity index (χ1v) is 24.6. The van der Waals surface area contributed by atoms with E-state index in [1.807, 2.05) is 24.3 Å². The molecule has 12 nitrogen and oxygen atoms in total. The van der Waals surface area contributed by atoms with Gasteiger partial charge in [-0.3, -0.25) is 38.8 Å². The van der Waals surface area contributed by atoms with Crippen molar-refractivity contribution in [3.05, 3.63) is 82.4 Å². The number of H-pyrrole nitrogens is 2. The van der Waals surface area contributed by atoms with Crippen molar-refractivity contribution < 1.29 is 19.2 Å². The van der Waals surface area contributed by atoms with E-state index in [1.165, 1.54) is 61.2 Å². The summed E-state index contributed by atoms with van der Waals surface area (Å²) in [5.74, 6) is -0.759. The Balaban J connectivity index is 0.892. The molecular weight excluding hydrogens is 801 g/mol. The number of hydrogen-bond donors (Lipinski definition) is 2. The Bertz CT molecular complexity index is 2260. The van der Waals surface area contributed by atoms with Crippen molar-refractivity contribution in [3.8, 4) is 0 Å². The number of aryl methyl sites for hydroxylation is 2. The van der Waals surface area contributed by atoms with Gasteiger partial charge in [0.2, 0.25) is 0 Å². The maximum absolute atomic E-state index is 14.0. The number of hydrogen-bond acceptors (Lipinski definition) is 8. The van der Waals surface area contributed by atoms with Crippen molar-refractivity contribution in [1.82, 2.24) is 39.4 Å². The molecule has 4 aromatic rings. The van der Waals surface area contributed by atoms with E-state index in [-0.39, 0.29) is 23.6 Å². The van der Waals surface area contributed by atoms with Gasteiger partial charge in [-0.05, 0) is 63.7 Å². The van der Waals surface area contributed by atoms with Crippen LogP contribution in [0.2, 0.25) is 0 Å². The topological polar surface area (TPSA) is 119 Å². The number of fused-ring (bicyclic) bond motifs is 4. The van der Waals surface area contributed by atoms with E-state index in [4.69, 9.17) is 0 Å². The number of rotatable bonds is 0. The lowest BCUT2D eigenvalue weighted by Gasteiger charge is -2.36. The van der Waals surface area contributed by atoms with Gasteiger partial charge in [-0.1, -0.05) is 101 Å². The molecule has 340 valence electrons. The second-order valence-electron chi connectivity index (χ2n) is 18.9. The summed E-state index contributed by atoms with van der Waals surface area (Å²) in [7, 11) is 3.26. The van der Waals surface area contributed by atoms with E-state index in [9.17, 15) is 19.2 Å². The fourth-order valence-corrected chi connectivity index (χ4v) is 11.1. The number of nitrogens with zero attached hydrogens (tertiary/aromatic N) is 6. The zero-order valence-corrected chi connectivity index (χ0v) is 38.3. The average molecular weight is 869 g/mol. The number of aromatic amines is 2. The van der Waals surface area contributed by atoms with Crippen LogP contribution in [0.4, 0.5) is 0 Å². The van der Waals surface area contributed by atoms with Crippen LogP contribution in [0.1, 0.15) is 112 Å². The quantitative estimate of drug-likeness (QED) is 0.174. The van der Waals surface area contributed by atoms with E-state index in [0.717, 1.165) is 161 Å². The summed E-state index contributed by atoms with van der Waals surface area (Å²) >= 11 is 0. The molecule has 0 radical (unpaired) electrons. The molecule has 11 rings (SSSR count). The Hall–Kier alpha value is -5.20. The summed E-state index contributed by atoms with van der Waals surface area (Å²) in [5.41, 5.74) is 8.31. The molecule has 2 aromatic carbocycles. The Morgan fingerprint density at radius 2 is 0.734 bits per heavy atom. The van der Waals surface area contributed by atoms with Crippen LogP contribution < -0.4 is 0 Å². The van der Waals surface area contributed by atoms with Crippen LogP contribution in [0.3, 0.4) is 0 Å². The van der Waals surface area contributed by atoms with Gasteiger partial charge in [0.05, 0.1) is 11.1 Å². The lowest BCUT2D eigenvalue weighted by molar-refractivity contribution is -0.137. The van der Waals surface area contributed by atoms with E-state index < -0.39 is 0 Å². The molecular formula is C52H68N8O4. The van der Waals surface area contributed by atoms with Crippen LogP contribution in [0.5, 0.6) is 0 Å². The monoisotopic (exact) mass is 869 g/mol. The molecule has 2 fully saturated rings. The van der Waals surface area contributed by atoms with Crippen molar-refractivity contribution in [2.75, 3.05) is 79.5 Å². The standard InChI is InChI=1S/C52H68N8O4/c1-55-49(61)45-43-37-21-15-17-23-39(37)53-41(43)25-13-9-7-5-3-4-6-8-10-14-26-42-44(38-22-16-18-24-40(38)54-42)46-48(52(64)56(2)50(46)62)60-35-31-58(32-36-60)28-20-12-11-19-27-57-29-33-59(34-30-57)47(45)51(55)63/h15-18,21-24,53-54H,3-14,19-20,25-36H2,1-2H3. The van der Waals surface area contributed by atoms with Crippen LogP contribution in [0.15, 0.2) is 59.9 Å². The molecule has 0 atom stereocenters. The first-order valence-electron chi connectivity index (χ1n) is 24.6. The minimum Gasteiger partial charge on any atom is -0.364 e. The number of nitrogens with one attached hydrogen (secondary N) is 2. The van der Waals surface area contributed by atoms with Gasteiger partial charge in [-0.25, -0.2) is 0 Å². The SMILES string of the molecule is CN1C(=O)C2=C(C1=O)N1CCN(CCCCCCN3CCN(CC3)C3=C(C(=O)N(C)C3=O)c3c([nH]c4ccccc34)CCCCCCCCCCCCc3[nH]c4ccccc4c32)CC1. The van der Waals surface area contributed by atoms with Crippen LogP contribution in [0, 0.1) is 0 Å². The number of imide groups is 2. The highest BCUT2D eigenvalue weighted by Crippen LogP contribution is 2.40. The molecule has 64 heavy (non-hydrogen) atoms. The molecule has 9 heterocycles. The molecule has 7 aliphatic heterocycles. The number of carbonyl (C=O) groups is 4. The van der Waals surface area contributed by atoms with E-state index >= 15 is 0 Å². The van der Waals surface area contributed by atoms with Crippen molar-refractivity contribution >= 4 is 56.6 Å². The number of amides is 4. The number of carbonyl (C=O) groups excluding carboxylic acids is 4. The van der Waals surface area contributed by atoms with Crippen LogP contribution in [-0.4, -0.2) is 143 Å². The Morgan fingerprint density at radius 1 is 0.391 bits per heavy atom. The van der Waals surface area contributed by atoms with E-state index in [0.29, 0.717) is 22.5 Å². The highest BCUT2D eigenvalue weighted by molar-refractivity contribution is 6.38. The van der Waals surface area contributed by atoms with E-state index in [1.54, 1.807) is 14.1 Å². The van der Waals surface area contributed by atoms with Crippen molar-refractivity contribution in [3.63, 3.8) is 0 Å². The first-order chi connectivity index (χ1) is 31.3. The number of piperazine rings is 2. The molecule has 7 aliphatic rings. The van der Waals surface area contributed by atoms with Crippen molar-refractivity contribution in [2.45, 2.75) is 103 Å². The molecule has 2 saturated heterocycles. The molecule has 2 aromatic heterocycles. The average Bonchev–Trinajstić information content (AvgIpc) is 3.99. The molecule has 0 saturated carbocycles. The normalized spacial score (nSPS) is 23.6. The van der Waals surface area contributed by atoms with Gasteiger partial charge >= 0.3 is 0 Å². The minimum absolute atomic E-state index is 0.186. The summed E-state index contributed by atoms with van der Waals surface area (Å²) in [6.07, 6.45) is 17.8. The lowest BCUT2D eigenvalue weighted by atomic mass is 9.96. The van der Waals surface area contributed by atoms with Gasteiger partial charge in [-0.15, -0.1) is 0 Å². The van der Waals surface area contributed by atoms with Crippen molar-refractivity contribution in [2.24, 2.45) is 0 Å². The molecule has 0 aliphatic carbocycles. The summed E-state index contributed by atoms with van der Waals surface area (Å²) in [6.45, 7) is 8.47. The molecule has 12 heteroatoms. The summed E-state index contributed by atoms with van der Waals surface area (Å²) < 4.78 is 0. The smallest absolute Gasteiger partial charge is 0.277 e. The maximum atomic E-state index is 14.0. The fraction of sp³-hybridized carbons (Fsp3) is 0.538. The fourth-order valence-electron chi connectivity index (χ4n) is 11.1. The van der Waals surface area contributed by atoms with Gasteiger partial charge in [0.25, 0.3) is 23.6 Å². The van der Waals surface area contributed by atoms with Gasteiger partial charge in [-0.2, -0.15) is 0 Å². The summed E-state index contributed by atoms with van der Waals surface area (Å²) in [4.78, 5) is 75.0. The zero-order valence-electron chi connectivity index (χ0n) is 38.3. The number of benzene rings is 2.